The zero-order valence-corrected chi connectivity index (χ0v) is 22.6. The van der Waals surface area contributed by atoms with Crippen molar-refractivity contribution in [3.05, 3.63) is 59.0 Å². The second-order valence-electron chi connectivity index (χ2n) is 10.3. The van der Waals surface area contributed by atoms with Gasteiger partial charge in [0.25, 0.3) is 5.91 Å². The summed E-state index contributed by atoms with van der Waals surface area (Å²) >= 11 is 0. The lowest BCUT2D eigenvalue weighted by Gasteiger charge is -2.34. The largest absolute Gasteiger partial charge is 0.490 e. The van der Waals surface area contributed by atoms with Crippen LogP contribution < -0.4 is 4.74 Å². The van der Waals surface area contributed by atoms with Crippen molar-refractivity contribution in [1.82, 2.24) is 24.4 Å². The zero-order valence-electron chi connectivity index (χ0n) is 22.6. The Kier molecular flexibility index (Phi) is 7.93. The number of amides is 1. The SMILES string of the molecule is CCOC(=O)C1CCCCN1Cc1cccc(OC2CCN(C(=O)c3cc4nc(C)cc(C)n4n3)CC2)c1. The van der Waals surface area contributed by atoms with Crippen LogP contribution in [-0.2, 0) is 16.1 Å². The van der Waals surface area contributed by atoms with E-state index in [0.717, 1.165) is 61.3 Å². The van der Waals surface area contributed by atoms with Crippen LogP contribution in [0, 0.1) is 13.8 Å². The van der Waals surface area contributed by atoms with Crippen LogP contribution in [0.25, 0.3) is 5.65 Å². The molecule has 2 aromatic heterocycles. The van der Waals surface area contributed by atoms with E-state index in [-0.39, 0.29) is 24.0 Å². The number of hydrogen-bond acceptors (Lipinski definition) is 7. The van der Waals surface area contributed by atoms with Crippen LogP contribution in [0.3, 0.4) is 0 Å². The van der Waals surface area contributed by atoms with Crippen molar-refractivity contribution in [2.75, 3.05) is 26.2 Å². The van der Waals surface area contributed by atoms with E-state index in [0.29, 0.717) is 37.6 Å². The maximum absolute atomic E-state index is 13.1. The van der Waals surface area contributed by atoms with Gasteiger partial charge in [0.2, 0.25) is 0 Å². The normalized spacial score (nSPS) is 19.0. The van der Waals surface area contributed by atoms with Gasteiger partial charge < -0.3 is 14.4 Å². The van der Waals surface area contributed by atoms with E-state index in [9.17, 15) is 9.59 Å². The first kappa shape index (κ1) is 26.2. The van der Waals surface area contributed by atoms with E-state index < -0.39 is 0 Å². The van der Waals surface area contributed by atoms with Crippen LogP contribution in [0.5, 0.6) is 5.75 Å². The first-order chi connectivity index (χ1) is 18.4. The minimum Gasteiger partial charge on any atom is -0.490 e. The van der Waals surface area contributed by atoms with Crippen molar-refractivity contribution in [3.8, 4) is 5.75 Å². The van der Waals surface area contributed by atoms with Crippen LogP contribution in [-0.4, -0.2) is 74.7 Å². The number of hydrogen-bond donors (Lipinski definition) is 0. The number of fused-ring (bicyclic) bond motifs is 1. The molecule has 9 heteroatoms. The van der Waals surface area contributed by atoms with Gasteiger partial charge in [0.05, 0.1) is 6.61 Å². The molecule has 1 aromatic carbocycles. The number of rotatable bonds is 7. The third-order valence-electron chi connectivity index (χ3n) is 7.44. The average Bonchev–Trinajstić information content (AvgIpc) is 3.34. The fraction of sp³-hybridized carbons (Fsp3) is 0.517. The van der Waals surface area contributed by atoms with Crippen molar-refractivity contribution in [1.29, 1.82) is 0 Å². The van der Waals surface area contributed by atoms with Gasteiger partial charge in [-0.1, -0.05) is 18.6 Å². The van der Waals surface area contributed by atoms with E-state index >= 15 is 0 Å². The molecule has 202 valence electrons. The molecule has 1 atom stereocenters. The predicted molar refractivity (Wildman–Crippen MR) is 143 cm³/mol. The molecule has 2 saturated heterocycles. The van der Waals surface area contributed by atoms with Gasteiger partial charge in [-0.2, -0.15) is 5.10 Å². The summed E-state index contributed by atoms with van der Waals surface area (Å²) in [5.74, 6) is 0.644. The molecular formula is C29H37N5O4. The Morgan fingerprint density at radius 3 is 2.63 bits per heavy atom. The molecule has 0 spiro atoms. The number of carbonyl (C=O) groups is 2. The molecule has 0 radical (unpaired) electrons. The minimum absolute atomic E-state index is 0.0456. The molecule has 0 aliphatic carbocycles. The van der Waals surface area contributed by atoms with Crippen molar-refractivity contribution >= 4 is 17.5 Å². The summed E-state index contributed by atoms with van der Waals surface area (Å²) in [6, 6.07) is 11.7. The van der Waals surface area contributed by atoms with E-state index in [1.54, 1.807) is 10.6 Å². The summed E-state index contributed by atoms with van der Waals surface area (Å²) in [7, 11) is 0. The topological polar surface area (TPSA) is 89.3 Å². The van der Waals surface area contributed by atoms with Crippen LogP contribution in [0.2, 0.25) is 0 Å². The smallest absolute Gasteiger partial charge is 0.323 e. The average molecular weight is 520 g/mol. The number of nitrogens with zero attached hydrogens (tertiary/aromatic N) is 5. The van der Waals surface area contributed by atoms with Gasteiger partial charge in [0.15, 0.2) is 11.3 Å². The predicted octanol–water partition coefficient (Wildman–Crippen LogP) is 3.95. The molecule has 2 aliphatic rings. The third-order valence-corrected chi connectivity index (χ3v) is 7.44. The first-order valence-corrected chi connectivity index (χ1v) is 13.7. The molecule has 2 aliphatic heterocycles. The van der Waals surface area contributed by atoms with Crippen molar-refractivity contribution < 1.29 is 19.1 Å². The van der Waals surface area contributed by atoms with Gasteiger partial charge in [-0.25, -0.2) is 9.50 Å². The van der Waals surface area contributed by atoms with Gasteiger partial charge >= 0.3 is 5.97 Å². The Bertz CT molecular complexity index is 1300. The van der Waals surface area contributed by atoms with E-state index in [1.165, 1.54) is 0 Å². The molecule has 4 heterocycles. The van der Waals surface area contributed by atoms with Crippen LogP contribution in [0.4, 0.5) is 0 Å². The van der Waals surface area contributed by atoms with Crippen molar-refractivity contribution in [2.45, 2.75) is 71.6 Å². The highest BCUT2D eigenvalue weighted by molar-refractivity contribution is 5.93. The van der Waals surface area contributed by atoms with Crippen molar-refractivity contribution in [3.63, 3.8) is 0 Å². The molecule has 1 unspecified atom stereocenters. The molecule has 1 amide bonds. The fourth-order valence-electron chi connectivity index (χ4n) is 5.56. The number of piperidine rings is 2. The summed E-state index contributed by atoms with van der Waals surface area (Å²) in [4.78, 5) is 34.1. The molecule has 2 fully saturated rings. The highest BCUT2D eigenvalue weighted by atomic mass is 16.5. The second-order valence-corrected chi connectivity index (χ2v) is 10.3. The minimum atomic E-state index is -0.174. The maximum atomic E-state index is 13.1. The molecule has 0 bridgehead atoms. The first-order valence-electron chi connectivity index (χ1n) is 13.7. The standard InChI is InChI=1S/C29H37N5O4/c1-4-37-29(36)26-10-5-6-13-33(26)19-22-8-7-9-24(17-22)38-23-11-14-32(15-12-23)28(35)25-18-27-30-20(2)16-21(3)34(27)31-25/h7-9,16-18,23,26H,4-6,10-15,19H2,1-3H3. The number of ether oxygens (including phenoxy) is 2. The number of aromatic nitrogens is 3. The molecule has 0 N–H and O–H groups in total. The van der Waals surface area contributed by atoms with Crippen LogP contribution >= 0.6 is 0 Å². The van der Waals surface area contributed by atoms with Crippen LogP contribution in [0.1, 0.15) is 66.5 Å². The molecular weight excluding hydrogens is 482 g/mol. The second kappa shape index (κ2) is 11.5. The number of esters is 1. The van der Waals surface area contributed by atoms with Gasteiger partial charge in [-0.15, -0.1) is 0 Å². The summed E-state index contributed by atoms with van der Waals surface area (Å²) in [5.41, 5.74) is 4.11. The Hall–Kier alpha value is -3.46. The molecule has 5 rings (SSSR count). The Morgan fingerprint density at radius 1 is 1.03 bits per heavy atom. The number of aryl methyl sites for hydroxylation is 2. The van der Waals surface area contributed by atoms with Gasteiger partial charge in [-0.05, 0) is 63.9 Å². The van der Waals surface area contributed by atoms with Gasteiger partial charge in [0.1, 0.15) is 17.9 Å². The fourth-order valence-corrected chi connectivity index (χ4v) is 5.56. The molecule has 9 nitrogen and oxygen atoms in total. The molecule has 0 saturated carbocycles. The number of benzene rings is 1. The van der Waals surface area contributed by atoms with E-state index in [4.69, 9.17) is 9.47 Å². The lowest BCUT2D eigenvalue weighted by atomic mass is 10.0. The summed E-state index contributed by atoms with van der Waals surface area (Å²) in [6.07, 6.45) is 4.56. The lowest BCUT2D eigenvalue weighted by Crippen LogP contribution is -2.44. The monoisotopic (exact) mass is 519 g/mol. The molecule has 3 aromatic rings. The van der Waals surface area contributed by atoms with E-state index in [1.807, 2.05) is 43.9 Å². The summed E-state index contributed by atoms with van der Waals surface area (Å²) in [5, 5.41) is 4.50. The number of carbonyl (C=O) groups excluding carboxylic acids is 2. The Morgan fingerprint density at radius 2 is 1.84 bits per heavy atom. The van der Waals surface area contributed by atoms with E-state index in [2.05, 4.69) is 27.1 Å². The Labute approximate surface area is 223 Å². The number of likely N-dealkylation sites (tertiary alicyclic amines) is 2. The van der Waals surface area contributed by atoms with Gasteiger partial charge in [-0.3, -0.25) is 14.5 Å². The van der Waals surface area contributed by atoms with Crippen LogP contribution in [0.15, 0.2) is 36.4 Å². The maximum Gasteiger partial charge on any atom is 0.323 e. The third kappa shape index (κ3) is 5.83. The van der Waals surface area contributed by atoms with Crippen molar-refractivity contribution in [2.24, 2.45) is 0 Å². The molecule has 38 heavy (non-hydrogen) atoms. The lowest BCUT2D eigenvalue weighted by molar-refractivity contribution is -0.151. The Balaban J connectivity index is 1.17. The quantitative estimate of drug-likeness (QED) is 0.437. The summed E-state index contributed by atoms with van der Waals surface area (Å²) in [6.45, 7) is 9.00. The summed E-state index contributed by atoms with van der Waals surface area (Å²) < 4.78 is 13.4. The highest BCUT2D eigenvalue weighted by Crippen LogP contribution is 2.25. The zero-order chi connectivity index (χ0) is 26.6. The highest BCUT2D eigenvalue weighted by Gasteiger charge is 2.30. The van der Waals surface area contributed by atoms with Gasteiger partial charge in [0, 0.05) is 49.9 Å².